The number of carboxylic acid groups (broad SMARTS) is 1. The first-order chi connectivity index (χ1) is 17.2. The lowest BCUT2D eigenvalue weighted by atomic mass is 10.0. The van der Waals surface area contributed by atoms with Crippen LogP contribution in [0.2, 0.25) is 0 Å². The van der Waals surface area contributed by atoms with Crippen molar-refractivity contribution in [2.24, 2.45) is 0 Å². The zero-order valence-electron chi connectivity index (χ0n) is 20.6. The van der Waals surface area contributed by atoms with Crippen LogP contribution in [0.3, 0.4) is 0 Å². The Kier molecular flexibility index (Phi) is 9.98. The Morgan fingerprint density at radius 1 is 1.00 bits per heavy atom. The van der Waals surface area contributed by atoms with Gasteiger partial charge in [0.1, 0.15) is 18.8 Å². The van der Waals surface area contributed by atoms with Crippen molar-refractivity contribution in [3.8, 4) is 0 Å². The number of rotatable bonds is 13. The number of hydrogen-bond donors (Lipinski definition) is 3. The SMILES string of the molecule is CC1(C)OCC(COC(=O)C(Cc2ccccc2)N[C@@H](Cc2ccccc2)C(=O)NCCC(=O)O)O1. The maximum Gasteiger partial charge on any atom is 0.323 e. The van der Waals surface area contributed by atoms with E-state index in [-0.39, 0.29) is 31.6 Å². The van der Waals surface area contributed by atoms with Gasteiger partial charge in [0.05, 0.1) is 19.1 Å². The molecular formula is C27H34N2O7. The highest BCUT2D eigenvalue weighted by molar-refractivity contribution is 5.84. The monoisotopic (exact) mass is 498 g/mol. The molecule has 1 aliphatic heterocycles. The molecule has 0 radical (unpaired) electrons. The third-order valence-electron chi connectivity index (χ3n) is 5.69. The van der Waals surface area contributed by atoms with Crippen molar-refractivity contribution in [3.63, 3.8) is 0 Å². The Bertz CT molecular complexity index is 998. The van der Waals surface area contributed by atoms with Crippen LogP contribution in [0.25, 0.3) is 0 Å². The van der Waals surface area contributed by atoms with Crippen LogP contribution in [0.4, 0.5) is 0 Å². The summed E-state index contributed by atoms with van der Waals surface area (Å²) in [6, 6.07) is 17.2. The fraction of sp³-hybridized carbons (Fsp3) is 0.444. The molecule has 2 aromatic rings. The first kappa shape index (κ1) is 27.3. The zero-order valence-corrected chi connectivity index (χ0v) is 20.6. The predicted octanol–water partition coefficient (Wildman–Crippen LogP) is 2.08. The summed E-state index contributed by atoms with van der Waals surface area (Å²) < 4.78 is 16.8. The van der Waals surface area contributed by atoms with Crippen molar-refractivity contribution in [1.29, 1.82) is 0 Å². The second-order valence-corrected chi connectivity index (χ2v) is 9.17. The molecule has 36 heavy (non-hydrogen) atoms. The second kappa shape index (κ2) is 13.2. The molecule has 9 heteroatoms. The van der Waals surface area contributed by atoms with Gasteiger partial charge in [-0.1, -0.05) is 60.7 Å². The van der Waals surface area contributed by atoms with Crippen LogP contribution in [0.15, 0.2) is 60.7 Å². The van der Waals surface area contributed by atoms with E-state index in [0.29, 0.717) is 19.4 Å². The number of carbonyl (C=O) groups excluding carboxylic acids is 2. The van der Waals surface area contributed by atoms with Crippen LogP contribution < -0.4 is 10.6 Å². The number of carbonyl (C=O) groups is 3. The first-order valence-electron chi connectivity index (χ1n) is 12.0. The Labute approximate surface area is 211 Å². The van der Waals surface area contributed by atoms with Crippen LogP contribution in [-0.2, 0) is 41.4 Å². The minimum absolute atomic E-state index is 0.0102. The van der Waals surface area contributed by atoms with Crippen LogP contribution in [0.1, 0.15) is 31.4 Å². The van der Waals surface area contributed by atoms with Gasteiger partial charge in [-0.25, -0.2) is 0 Å². The van der Waals surface area contributed by atoms with E-state index < -0.39 is 29.8 Å². The molecule has 2 unspecified atom stereocenters. The topological polar surface area (TPSA) is 123 Å². The van der Waals surface area contributed by atoms with Crippen molar-refractivity contribution in [1.82, 2.24) is 10.6 Å². The van der Waals surface area contributed by atoms with E-state index in [0.717, 1.165) is 11.1 Å². The summed E-state index contributed by atoms with van der Waals surface area (Å²) in [4.78, 5) is 37.1. The van der Waals surface area contributed by atoms with E-state index in [1.165, 1.54) is 0 Å². The minimum atomic E-state index is -1.00. The van der Waals surface area contributed by atoms with E-state index >= 15 is 0 Å². The van der Waals surface area contributed by atoms with Gasteiger partial charge in [-0.15, -0.1) is 0 Å². The molecule has 1 saturated heterocycles. The quantitative estimate of drug-likeness (QED) is 0.359. The number of amides is 1. The van der Waals surface area contributed by atoms with Gasteiger partial charge >= 0.3 is 11.9 Å². The fourth-order valence-electron chi connectivity index (χ4n) is 3.92. The number of benzene rings is 2. The number of esters is 1. The first-order valence-corrected chi connectivity index (χ1v) is 12.0. The summed E-state index contributed by atoms with van der Waals surface area (Å²) in [7, 11) is 0. The number of nitrogens with one attached hydrogen (secondary N) is 2. The smallest absolute Gasteiger partial charge is 0.323 e. The highest BCUT2D eigenvalue weighted by Gasteiger charge is 2.34. The molecule has 0 aliphatic carbocycles. The molecule has 194 valence electrons. The van der Waals surface area contributed by atoms with Crippen molar-refractivity contribution in [3.05, 3.63) is 71.8 Å². The highest BCUT2D eigenvalue weighted by atomic mass is 16.7. The molecule has 9 nitrogen and oxygen atoms in total. The Morgan fingerprint density at radius 3 is 2.11 bits per heavy atom. The van der Waals surface area contributed by atoms with Crippen LogP contribution in [0, 0.1) is 0 Å². The van der Waals surface area contributed by atoms with Gasteiger partial charge in [0.2, 0.25) is 5.91 Å². The van der Waals surface area contributed by atoms with Crippen molar-refractivity contribution >= 4 is 17.8 Å². The second-order valence-electron chi connectivity index (χ2n) is 9.17. The molecule has 2 aromatic carbocycles. The lowest BCUT2D eigenvalue weighted by molar-refractivity contribution is -0.160. The third kappa shape index (κ3) is 9.07. The average Bonchev–Trinajstić information content (AvgIpc) is 3.21. The molecule has 1 fully saturated rings. The molecule has 1 heterocycles. The Morgan fingerprint density at radius 2 is 1.58 bits per heavy atom. The summed E-state index contributed by atoms with van der Waals surface area (Å²) in [5.41, 5.74) is 1.80. The van der Waals surface area contributed by atoms with E-state index in [1.807, 2.05) is 60.7 Å². The molecule has 1 aliphatic rings. The summed E-state index contributed by atoms with van der Waals surface area (Å²) in [5, 5.41) is 14.7. The molecule has 3 N–H and O–H groups in total. The molecular weight excluding hydrogens is 464 g/mol. The summed E-state index contributed by atoms with van der Waals surface area (Å²) in [6.45, 7) is 3.93. The predicted molar refractivity (Wildman–Crippen MR) is 132 cm³/mol. The van der Waals surface area contributed by atoms with Crippen molar-refractivity contribution in [2.45, 2.75) is 57.1 Å². The van der Waals surface area contributed by atoms with Gasteiger partial charge < -0.3 is 24.6 Å². The molecule has 0 bridgehead atoms. The van der Waals surface area contributed by atoms with E-state index in [1.54, 1.807) is 13.8 Å². The van der Waals surface area contributed by atoms with E-state index in [4.69, 9.17) is 19.3 Å². The van der Waals surface area contributed by atoms with Crippen molar-refractivity contribution in [2.75, 3.05) is 19.8 Å². The summed E-state index contributed by atoms with van der Waals surface area (Å²) >= 11 is 0. The summed E-state index contributed by atoms with van der Waals surface area (Å²) in [6.07, 6.45) is 0.0484. The van der Waals surface area contributed by atoms with Gasteiger partial charge in [0.15, 0.2) is 5.79 Å². The van der Waals surface area contributed by atoms with Gasteiger partial charge in [-0.3, -0.25) is 19.7 Å². The molecule has 3 atom stereocenters. The normalized spacial score (nSPS) is 18.2. The lowest BCUT2D eigenvalue weighted by Crippen LogP contribution is -2.53. The number of ether oxygens (including phenoxy) is 3. The fourth-order valence-corrected chi connectivity index (χ4v) is 3.92. The van der Waals surface area contributed by atoms with Crippen molar-refractivity contribution < 1.29 is 33.7 Å². The Balaban J connectivity index is 1.73. The maximum atomic E-state index is 13.2. The largest absolute Gasteiger partial charge is 0.481 e. The zero-order chi connectivity index (χ0) is 26.0. The van der Waals surface area contributed by atoms with Gasteiger partial charge in [-0.05, 0) is 37.8 Å². The molecule has 0 spiro atoms. The lowest BCUT2D eigenvalue weighted by Gasteiger charge is -2.25. The molecule has 3 rings (SSSR count). The molecule has 1 amide bonds. The molecule has 0 saturated carbocycles. The van der Waals surface area contributed by atoms with Crippen LogP contribution in [0.5, 0.6) is 0 Å². The maximum absolute atomic E-state index is 13.2. The minimum Gasteiger partial charge on any atom is -0.481 e. The van der Waals surface area contributed by atoms with E-state index in [9.17, 15) is 14.4 Å². The number of hydrogen-bond acceptors (Lipinski definition) is 7. The van der Waals surface area contributed by atoms with E-state index in [2.05, 4.69) is 10.6 Å². The highest BCUT2D eigenvalue weighted by Crippen LogP contribution is 2.22. The van der Waals surface area contributed by atoms with Gasteiger partial charge in [0, 0.05) is 6.54 Å². The number of carboxylic acids is 1. The van der Waals surface area contributed by atoms with Crippen LogP contribution >= 0.6 is 0 Å². The average molecular weight is 499 g/mol. The van der Waals surface area contributed by atoms with Gasteiger partial charge in [0.25, 0.3) is 0 Å². The Hall–Kier alpha value is -3.27. The number of aliphatic carboxylic acids is 1. The summed E-state index contributed by atoms with van der Waals surface area (Å²) in [5.74, 6) is -2.63. The van der Waals surface area contributed by atoms with Gasteiger partial charge in [-0.2, -0.15) is 0 Å². The standard InChI is InChI=1S/C27H34N2O7/c1-27(2)35-18-21(36-27)17-34-26(33)23(16-20-11-7-4-8-12-20)29-22(15-19-9-5-3-6-10-19)25(32)28-14-13-24(30)31/h3-12,21-23,29H,13-18H2,1-2H3,(H,28,32)(H,30,31)/t21?,22-,23?/m0/s1. The molecule has 0 aromatic heterocycles. The van der Waals surface area contributed by atoms with Crippen LogP contribution in [-0.4, -0.2) is 66.7 Å². The third-order valence-corrected chi connectivity index (χ3v) is 5.69.